The first-order chi connectivity index (χ1) is 12.4. The van der Waals surface area contributed by atoms with E-state index >= 15 is 0 Å². The van der Waals surface area contributed by atoms with Gasteiger partial charge in [-0.25, -0.2) is 13.2 Å². The fourth-order valence-electron chi connectivity index (χ4n) is 2.80. The summed E-state index contributed by atoms with van der Waals surface area (Å²) in [5, 5.41) is 6.99. The van der Waals surface area contributed by atoms with Crippen molar-refractivity contribution in [3.63, 3.8) is 0 Å². The maximum absolute atomic E-state index is 12.6. The number of nitrogens with zero attached hydrogens (tertiary/aromatic N) is 3. The third-order valence-electron chi connectivity index (χ3n) is 4.12. The molecule has 0 spiro atoms. The molecule has 1 N–H and O–H groups in total. The molecule has 1 aromatic carbocycles. The number of anilines is 1. The summed E-state index contributed by atoms with van der Waals surface area (Å²) in [6.07, 6.45) is 5.35. The molecule has 1 aliphatic heterocycles. The van der Waals surface area contributed by atoms with E-state index in [0.29, 0.717) is 31.9 Å². The van der Waals surface area contributed by atoms with E-state index in [1.54, 1.807) is 27.9 Å². The van der Waals surface area contributed by atoms with Crippen LogP contribution in [0.2, 0.25) is 0 Å². The minimum Gasteiger partial charge on any atom is -0.374 e. The second kappa shape index (κ2) is 7.88. The monoisotopic (exact) mass is 378 g/mol. The largest absolute Gasteiger partial charge is 0.374 e. The molecular weight excluding hydrogens is 356 g/mol. The first kappa shape index (κ1) is 18.4. The van der Waals surface area contributed by atoms with Crippen molar-refractivity contribution in [1.29, 1.82) is 0 Å². The summed E-state index contributed by atoms with van der Waals surface area (Å²) in [6, 6.07) is 7.76. The molecule has 3 rings (SSSR count). The lowest BCUT2D eigenvalue weighted by Gasteiger charge is -2.24. The van der Waals surface area contributed by atoms with Gasteiger partial charge >= 0.3 is 6.03 Å². The van der Waals surface area contributed by atoms with Gasteiger partial charge in [0.1, 0.15) is 0 Å². The molecule has 1 aliphatic rings. The Morgan fingerprint density at radius 2 is 2.12 bits per heavy atom. The zero-order valence-corrected chi connectivity index (χ0v) is 15.4. The molecule has 1 atom stereocenters. The molecule has 1 saturated heterocycles. The highest BCUT2D eigenvalue weighted by atomic mass is 32.2. The van der Waals surface area contributed by atoms with E-state index in [4.69, 9.17) is 4.74 Å². The van der Waals surface area contributed by atoms with Crippen LogP contribution in [0.3, 0.4) is 0 Å². The molecule has 0 radical (unpaired) electrons. The molecule has 0 unspecified atom stereocenters. The molecule has 0 bridgehead atoms. The molecule has 9 heteroatoms. The maximum atomic E-state index is 12.6. The molecule has 26 heavy (non-hydrogen) atoms. The molecule has 0 aliphatic carbocycles. The van der Waals surface area contributed by atoms with E-state index in [-0.39, 0.29) is 17.0 Å². The minimum atomic E-state index is -3.25. The van der Waals surface area contributed by atoms with Crippen molar-refractivity contribution >= 4 is 21.6 Å². The molecule has 2 amide bonds. The van der Waals surface area contributed by atoms with Crippen molar-refractivity contribution in [1.82, 2.24) is 14.7 Å². The molecule has 2 aromatic rings. The number of benzene rings is 1. The number of rotatable bonds is 4. The van der Waals surface area contributed by atoms with Crippen molar-refractivity contribution in [3.05, 3.63) is 42.7 Å². The van der Waals surface area contributed by atoms with Crippen molar-refractivity contribution < 1.29 is 17.9 Å². The Hall–Kier alpha value is -2.39. The van der Waals surface area contributed by atoms with Crippen LogP contribution >= 0.6 is 0 Å². The van der Waals surface area contributed by atoms with E-state index in [0.717, 1.165) is 12.7 Å². The Bertz CT molecular complexity index is 834. The lowest BCUT2D eigenvalue weighted by Crippen LogP contribution is -2.41. The maximum Gasteiger partial charge on any atom is 0.321 e. The Balaban J connectivity index is 1.62. The number of urea groups is 1. The zero-order chi connectivity index (χ0) is 18.6. The van der Waals surface area contributed by atoms with E-state index in [1.165, 1.54) is 12.1 Å². The standard InChI is InChI=1S/C17H22N4O4S/c1-26(23,24)16-6-4-14(5-7-16)19-17(22)20-9-3-11-25-15(12-20)13-21-10-2-8-18-21/h2,4-8,10,15H,3,9,11-13H2,1H3,(H,19,22)/t15-/m0/s1. The van der Waals surface area contributed by atoms with Crippen LogP contribution in [0.5, 0.6) is 0 Å². The second-order valence-corrected chi connectivity index (χ2v) is 8.26. The number of carbonyl (C=O) groups excluding carboxylic acids is 1. The number of hydrogen-bond acceptors (Lipinski definition) is 5. The summed E-state index contributed by atoms with van der Waals surface area (Å²) < 4.78 is 30.6. The molecular formula is C17H22N4O4S. The van der Waals surface area contributed by atoms with Gasteiger partial charge in [-0.15, -0.1) is 0 Å². The van der Waals surface area contributed by atoms with Gasteiger partial charge in [-0.05, 0) is 36.8 Å². The molecule has 1 aromatic heterocycles. The van der Waals surface area contributed by atoms with Crippen molar-refractivity contribution in [2.24, 2.45) is 0 Å². The van der Waals surface area contributed by atoms with Gasteiger partial charge in [0.05, 0.1) is 24.1 Å². The van der Waals surface area contributed by atoms with E-state index in [9.17, 15) is 13.2 Å². The summed E-state index contributed by atoms with van der Waals surface area (Å²) in [7, 11) is -3.25. The number of carbonyl (C=O) groups is 1. The van der Waals surface area contributed by atoms with Crippen LogP contribution in [0.15, 0.2) is 47.6 Å². The first-order valence-corrected chi connectivity index (χ1v) is 10.3. The van der Waals surface area contributed by atoms with Gasteiger partial charge in [0.2, 0.25) is 0 Å². The van der Waals surface area contributed by atoms with Crippen molar-refractivity contribution in [2.75, 3.05) is 31.3 Å². The van der Waals surface area contributed by atoms with Gasteiger partial charge in [0.25, 0.3) is 0 Å². The number of amides is 2. The number of ether oxygens (including phenoxy) is 1. The smallest absolute Gasteiger partial charge is 0.321 e. The van der Waals surface area contributed by atoms with Gasteiger partial charge < -0.3 is 15.0 Å². The normalized spacial score (nSPS) is 18.3. The number of hydrogen-bond donors (Lipinski definition) is 1. The van der Waals surface area contributed by atoms with Crippen LogP contribution in [-0.4, -0.2) is 61.2 Å². The van der Waals surface area contributed by atoms with Crippen molar-refractivity contribution in [2.45, 2.75) is 24.0 Å². The summed E-state index contributed by atoms with van der Waals surface area (Å²) >= 11 is 0. The SMILES string of the molecule is CS(=O)(=O)c1ccc(NC(=O)N2CCCO[C@H](Cn3cccn3)C2)cc1. The summed E-state index contributed by atoms with van der Waals surface area (Å²) in [4.78, 5) is 14.5. The fourth-order valence-corrected chi connectivity index (χ4v) is 3.43. The Kier molecular flexibility index (Phi) is 5.58. The topological polar surface area (TPSA) is 93.5 Å². The average molecular weight is 378 g/mol. The second-order valence-electron chi connectivity index (χ2n) is 6.25. The highest BCUT2D eigenvalue weighted by molar-refractivity contribution is 7.90. The summed E-state index contributed by atoms with van der Waals surface area (Å²) in [5.74, 6) is 0. The van der Waals surface area contributed by atoms with E-state index in [1.807, 2.05) is 12.3 Å². The average Bonchev–Trinajstić information content (AvgIpc) is 2.98. The quantitative estimate of drug-likeness (QED) is 0.872. The molecule has 0 saturated carbocycles. The fraction of sp³-hybridized carbons (Fsp3) is 0.412. The first-order valence-electron chi connectivity index (χ1n) is 8.37. The Morgan fingerprint density at radius 3 is 2.77 bits per heavy atom. The minimum absolute atomic E-state index is 0.129. The number of sulfone groups is 1. The van der Waals surface area contributed by atoms with Gasteiger partial charge in [-0.2, -0.15) is 5.10 Å². The van der Waals surface area contributed by atoms with Crippen LogP contribution in [-0.2, 0) is 21.1 Å². The van der Waals surface area contributed by atoms with E-state index in [2.05, 4.69) is 10.4 Å². The predicted octanol–water partition coefficient (Wildman–Crippen LogP) is 1.61. The van der Waals surface area contributed by atoms with E-state index < -0.39 is 9.84 Å². The number of nitrogens with one attached hydrogen (secondary N) is 1. The van der Waals surface area contributed by atoms with Gasteiger partial charge in [0, 0.05) is 37.5 Å². The van der Waals surface area contributed by atoms with Crippen molar-refractivity contribution in [3.8, 4) is 0 Å². The van der Waals surface area contributed by atoms with Crippen LogP contribution < -0.4 is 5.32 Å². The van der Waals surface area contributed by atoms with Gasteiger partial charge in [-0.3, -0.25) is 4.68 Å². The van der Waals surface area contributed by atoms with Gasteiger partial charge in [-0.1, -0.05) is 0 Å². The summed E-state index contributed by atoms with van der Waals surface area (Å²) in [6.45, 7) is 2.24. The molecule has 1 fully saturated rings. The van der Waals surface area contributed by atoms with Crippen LogP contribution in [0.1, 0.15) is 6.42 Å². The van der Waals surface area contributed by atoms with Crippen LogP contribution in [0, 0.1) is 0 Å². The molecule has 2 heterocycles. The molecule has 8 nitrogen and oxygen atoms in total. The van der Waals surface area contributed by atoms with Crippen LogP contribution in [0.4, 0.5) is 10.5 Å². The molecule has 140 valence electrons. The highest BCUT2D eigenvalue weighted by Crippen LogP contribution is 2.15. The predicted molar refractivity (Wildman–Crippen MR) is 96.7 cm³/mol. The summed E-state index contributed by atoms with van der Waals surface area (Å²) in [5.41, 5.74) is 0.552. The third kappa shape index (κ3) is 4.83. The lowest BCUT2D eigenvalue weighted by molar-refractivity contribution is 0.0442. The third-order valence-corrected chi connectivity index (χ3v) is 5.25. The van der Waals surface area contributed by atoms with Crippen LogP contribution in [0.25, 0.3) is 0 Å². The lowest BCUT2D eigenvalue weighted by atomic mass is 10.3. The van der Waals surface area contributed by atoms with Gasteiger partial charge in [0.15, 0.2) is 9.84 Å². The zero-order valence-electron chi connectivity index (χ0n) is 14.5. The Morgan fingerprint density at radius 1 is 1.35 bits per heavy atom. The highest BCUT2D eigenvalue weighted by Gasteiger charge is 2.23. The Labute approximate surface area is 152 Å². The number of aromatic nitrogens is 2.